The third-order valence-corrected chi connectivity index (χ3v) is 3.68. The van der Waals surface area contributed by atoms with E-state index < -0.39 is 0 Å². The van der Waals surface area contributed by atoms with Crippen LogP contribution in [0.5, 0.6) is 0 Å². The molecule has 0 bridgehead atoms. The molecular formula is C15H17ClN2O. The van der Waals surface area contributed by atoms with Crippen LogP contribution in [0.1, 0.15) is 34.3 Å². The van der Waals surface area contributed by atoms with Crippen LogP contribution in [0.4, 0.5) is 0 Å². The van der Waals surface area contributed by atoms with Gasteiger partial charge in [-0.05, 0) is 36.8 Å². The molecule has 1 aromatic rings. The van der Waals surface area contributed by atoms with Gasteiger partial charge in [-0.25, -0.2) is 4.99 Å². The lowest BCUT2D eigenvalue weighted by molar-refractivity contribution is -0.725. The molecule has 1 aromatic carbocycles. The maximum absolute atomic E-state index is 12.4. The molecule has 0 amide bonds. The molecule has 100 valence electrons. The summed E-state index contributed by atoms with van der Waals surface area (Å²) in [5.74, 6) is 0.224. The number of fused-ring (bicyclic) bond motifs is 1. The van der Waals surface area contributed by atoms with Crippen LogP contribution in [0.3, 0.4) is 0 Å². The Morgan fingerprint density at radius 1 is 1.26 bits per heavy atom. The second kappa shape index (κ2) is 6.13. The molecule has 0 saturated carbocycles. The van der Waals surface area contributed by atoms with Gasteiger partial charge < -0.3 is 12.4 Å². The lowest BCUT2D eigenvalue weighted by Crippen LogP contribution is -3.06. The minimum absolute atomic E-state index is 0. The SMILES string of the molecule is O=C(C[NH+]1C=CN=C1)c1cccc2c1CCCC2.[Cl-]. The van der Waals surface area contributed by atoms with E-state index in [0.717, 1.165) is 23.3 Å². The molecule has 4 heteroatoms. The van der Waals surface area contributed by atoms with Crippen LogP contribution in [-0.2, 0) is 12.8 Å². The minimum Gasteiger partial charge on any atom is -1.00 e. The van der Waals surface area contributed by atoms with Gasteiger partial charge in [-0.2, -0.15) is 0 Å². The van der Waals surface area contributed by atoms with E-state index in [9.17, 15) is 4.79 Å². The van der Waals surface area contributed by atoms with Crippen molar-refractivity contribution in [2.24, 2.45) is 4.99 Å². The van der Waals surface area contributed by atoms with E-state index in [1.54, 1.807) is 12.5 Å². The number of hydrogen-bond donors (Lipinski definition) is 1. The van der Waals surface area contributed by atoms with Crippen molar-refractivity contribution in [1.82, 2.24) is 0 Å². The summed E-state index contributed by atoms with van der Waals surface area (Å²) < 4.78 is 0. The Bertz CT molecular complexity index is 525. The standard InChI is InChI=1S/C15H16N2O.ClH/c18-15(10-17-9-8-16-11-17)14-7-3-5-12-4-1-2-6-13(12)14;/h3,5,7-9,11H,1-2,4,6,10H2;1H. The molecule has 3 rings (SSSR count). The molecule has 1 N–H and O–H groups in total. The molecule has 0 spiro atoms. The van der Waals surface area contributed by atoms with Gasteiger partial charge in [0, 0.05) is 5.56 Å². The third kappa shape index (κ3) is 2.94. The van der Waals surface area contributed by atoms with Gasteiger partial charge in [-0.15, -0.1) is 0 Å². The number of Topliss-reactive ketones (excluding diaryl/α,β-unsaturated/α-hetero) is 1. The van der Waals surface area contributed by atoms with Gasteiger partial charge in [-0.1, -0.05) is 18.2 Å². The summed E-state index contributed by atoms with van der Waals surface area (Å²) >= 11 is 0. The van der Waals surface area contributed by atoms with Crippen molar-refractivity contribution < 1.29 is 22.1 Å². The summed E-state index contributed by atoms with van der Waals surface area (Å²) in [6.07, 6.45) is 10.0. The van der Waals surface area contributed by atoms with Crippen molar-refractivity contribution in [3.05, 3.63) is 47.3 Å². The van der Waals surface area contributed by atoms with Gasteiger partial charge >= 0.3 is 0 Å². The number of nitrogens with zero attached hydrogens (tertiary/aromatic N) is 1. The Hall–Kier alpha value is -1.45. The number of rotatable bonds is 3. The lowest BCUT2D eigenvalue weighted by Gasteiger charge is -2.18. The van der Waals surface area contributed by atoms with E-state index in [-0.39, 0.29) is 18.2 Å². The van der Waals surface area contributed by atoms with Gasteiger partial charge in [0.25, 0.3) is 0 Å². The van der Waals surface area contributed by atoms with E-state index in [4.69, 9.17) is 0 Å². The van der Waals surface area contributed by atoms with Crippen LogP contribution in [0.25, 0.3) is 0 Å². The van der Waals surface area contributed by atoms with Crippen molar-refractivity contribution in [2.45, 2.75) is 25.7 Å². The summed E-state index contributed by atoms with van der Waals surface area (Å²) in [6, 6.07) is 6.15. The highest BCUT2D eigenvalue weighted by molar-refractivity contribution is 5.99. The summed E-state index contributed by atoms with van der Waals surface area (Å²) in [5, 5.41) is 0. The zero-order chi connectivity index (χ0) is 12.4. The predicted octanol–water partition coefficient (Wildman–Crippen LogP) is -1.85. The number of benzene rings is 1. The zero-order valence-corrected chi connectivity index (χ0v) is 11.5. The number of aliphatic imine (C=N–C) groups is 1. The largest absolute Gasteiger partial charge is 1.00 e. The molecule has 1 heterocycles. The maximum Gasteiger partial charge on any atom is 0.217 e. The second-order valence-electron chi connectivity index (χ2n) is 4.92. The molecule has 1 atom stereocenters. The fourth-order valence-corrected chi connectivity index (χ4v) is 2.75. The number of carbonyl (C=O) groups excluding carboxylic acids is 1. The summed E-state index contributed by atoms with van der Waals surface area (Å²) in [5.41, 5.74) is 3.58. The Morgan fingerprint density at radius 2 is 2.11 bits per heavy atom. The number of halogens is 1. The van der Waals surface area contributed by atoms with Crippen molar-refractivity contribution in [2.75, 3.05) is 6.54 Å². The average Bonchev–Trinajstić information content (AvgIpc) is 2.91. The van der Waals surface area contributed by atoms with Crippen LogP contribution in [0.15, 0.2) is 35.6 Å². The van der Waals surface area contributed by atoms with Gasteiger partial charge in [0.2, 0.25) is 5.78 Å². The van der Waals surface area contributed by atoms with Crippen LogP contribution in [0, 0.1) is 0 Å². The predicted molar refractivity (Wildman–Crippen MR) is 70.9 cm³/mol. The molecule has 0 fully saturated rings. The Morgan fingerprint density at radius 3 is 2.89 bits per heavy atom. The first-order valence-electron chi connectivity index (χ1n) is 6.54. The first kappa shape index (κ1) is 14.0. The van der Waals surface area contributed by atoms with Crippen molar-refractivity contribution in [3.8, 4) is 0 Å². The molecule has 1 aliphatic carbocycles. The number of aryl methyl sites for hydroxylation is 1. The van der Waals surface area contributed by atoms with Gasteiger partial charge in [0.05, 0.1) is 6.20 Å². The second-order valence-corrected chi connectivity index (χ2v) is 4.92. The highest BCUT2D eigenvalue weighted by Crippen LogP contribution is 2.24. The van der Waals surface area contributed by atoms with Crippen LogP contribution in [-0.4, -0.2) is 18.7 Å². The average molecular weight is 277 g/mol. The summed E-state index contributed by atoms with van der Waals surface area (Å²) in [6.45, 7) is 0.469. The maximum atomic E-state index is 12.4. The quantitative estimate of drug-likeness (QED) is 0.647. The molecule has 19 heavy (non-hydrogen) atoms. The first-order valence-corrected chi connectivity index (χ1v) is 6.54. The van der Waals surface area contributed by atoms with E-state index in [1.165, 1.54) is 24.0 Å². The number of nitrogens with one attached hydrogen (secondary N) is 1. The highest BCUT2D eigenvalue weighted by atomic mass is 35.5. The van der Waals surface area contributed by atoms with Crippen LogP contribution in [0.2, 0.25) is 0 Å². The van der Waals surface area contributed by atoms with E-state index in [0.29, 0.717) is 6.54 Å². The summed E-state index contributed by atoms with van der Waals surface area (Å²) in [7, 11) is 0. The molecule has 1 unspecified atom stereocenters. The number of carbonyl (C=O) groups is 1. The zero-order valence-electron chi connectivity index (χ0n) is 10.7. The van der Waals surface area contributed by atoms with Gasteiger partial charge in [0.1, 0.15) is 6.20 Å². The topological polar surface area (TPSA) is 33.9 Å². The van der Waals surface area contributed by atoms with Gasteiger partial charge in [0.15, 0.2) is 12.9 Å². The van der Waals surface area contributed by atoms with Crippen molar-refractivity contribution in [3.63, 3.8) is 0 Å². The normalized spacial score (nSPS) is 19.9. The molecule has 0 aromatic heterocycles. The van der Waals surface area contributed by atoms with E-state index in [2.05, 4.69) is 11.1 Å². The molecular weight excluding hydrogens is 260 g/mol. The monoisotopic (exact) mass is 276 g/mol. The smallest absolute Gasteiger partial charge is 0.217 e. The fraction of sp³-hybridized carbons (Fsp3) is 0.333. The minimum atomic E-state index is 0. The summed E-state index contributed by atoms with van der Waals surface area (Å²) in [4.78, 5) is 17.4. The Balaban J connectivity index is 0.00000133. The first-order chi connectivity index (χ1) is 8.84. The van der Waals surface area contributed by atoms with Crippen molar-refractivity contribution >= 4 is 12.1 Å². The fourth-order valence-electron chi connectivity index (χ4n) is 2.75. The third-order valence-electron chi connectivity index (χ3n) is 3.68. The Kier molecular flexibility index (Phi) is 4.51. The highest BCUT2D eigenvalue weighted by Gasteiger charge is 2.20. The van der Waals surface area contributed by atoms with E-state index in [1.807, 2.05) is 18.3 Å². The molecule has 0 radical (unpaired) electrons. The number of quaternary nitrogens is 1. The number of ketones is 1. The number of hydrogen-bond acceptors (Lipinski definition) is 2. The molecule has 0 saturated heterocycles. The van der Waals surface area contributed by atoms with Gasteiger partial charge in [-0.3, -0.25) is 9.69 Å². The van der Waals surface area contributed by atoms with Crippen molar-refractivity contribution in [1.29, 1.82) is 0 Å². The molecule has 3 nitrogen and oxygen atoms in total. The molecule has 1 aliphatic heterocycles. The Labute approximate surface area is 119 Å². The van der Waals surface area contributed by atoms with Crippen LogP contribution < -0.4 is 17.3 Å². The molecule has 2 aliphatic rings. The lowest BCUT2D eigenvalue weighted by atomic mass is 9.87. The van der Waals surface area contributed by atoms with Crippen LogP contribution >= 0.6 is 0 Å². The van der Waals surface area contributed by atoms with E-state index >= 15 is 0 Å².